The molecule has 0 heterocycles. The lowest BCUT2D eigenvalue weighted by atomic mass is 9.67. The Morgan fingerprint density at radius 2 is 2.08 bits per heavy atom. The molecule has 1 aliphatic rings. The molecular formula is C12H22O. The first-order chi connectivity index (χ1) is 5.94. The number of hydrogen-bond acceptors (Lipinski definition) is 1. The summed E-state index contributed by atoms with van der Waals surface area (Å²) in [7, 11) is 0. The van der Waals surface area contributed by atoms with Crippen LogP contribution in [0.15, 0.2) is 11.6 Å². The molecule has 1 fully saturated rings. The fourth-order valence-electron chi connectivity index (χ4n) is 2.39. The summed E-state index contributed by atoms with van der Waals surface area (Å²) < 4.78 is 0. The molecule has 3 atom stereocenters. The highest BCUT2D eigenvalue weighted by molar-refractivity contribution is 5.07. The summed E-state index contributed by atoms with van der Waals surface area (Å²) in [6, 6.07) is 0. The average molecular weight is 182 g/mol. The number of aliphatic hydroxyl groups excluding tert-OH is 1. The van der Waals surface area contributed by atoms with Crippen molar-refractivity contribution in [1.29, 1.82) is 0 Å². The van der Waals surface area contributed by atoms with Crippen molar-refractivity contribution in [3.63, 3.8) is 0 Å². The van der Waals surface area contributed by atoms with E-state index >= 15 is 0 Å². The number of hydrogen-bond donors (Lipinski definition) is 1. The van der Waals surface area contributed by atoms with E-state index in [4.69, 9.17) is 0 Å². The molecule has 0 aromatic carbocycles. The quantitative estimate of drug-likeness (QED) is 0.618. The molecule has 0 aromatic heterocycles. The van der Waals surface area contributed by atoms with E-state index in [-0.39, 0.29) is 6.10 Å². The van der Waals surface area contributed by atoms with Crippen LogP contribution in [0.3, 0.4) is 0 Å². The molecule has 0 aromatic rings. The fourth-order valence-corrected chi connectivity index (χ4v) is 2.39. The van der Waals surface area contributed by atoms with E-state index in [2.05, 4.69) is 33.8 Å². The monoisotopic (exact) mass is 182 g/mol. The Hall–Kier alpha value is -0.300. The van der Waals surface area contributed by atoms with Gasteiger partial charge in [0.1, 0.15) is 0 Å². The lowest BCUT2D eigenvalue weighted by molar-refractivity contribution is 0.0507. The molecule has 0 radical (unpaired) electrons. The Morgan fingerprint density at radius 1 is 1.46 bits per heavy atom. The molecule has 0 aliphatic heterocycles. The molecule has 1 saturated carbocycles. The summed E-state index contributed by atoms with van der Waals surface area (Å²) in [5, 5.41) is 9.53. The van der Waals surface area contributed by atoms with Crippen molar-refractivity contribution in [3.05, 3.63) is 11.6 Å². The first kappa shape index (κ1) is 10.8. The highest BCUT2D eigenvalue weighted by Gasteiger charge is 2.34. The van der Waals surface area contributed by atoms with Crippen molar-refractivity contribution in [1.82, 2.24) is 0 Å². The van der Waals surface area contributed by atoms with E-state index in [0.717, 1.165) is 19.3 Å². The van der Waals surface area contributed by atoms with Crippen molar-refractivity contribution >= 4 is 0 Å². The minimum absolute atomic E-state index is 0.0614. The van der Waals surface area contributed by atoms with Gasteiger partial charge in [0.15, 0.2) is 0 Å². The van der Waals surface area contributed by atoms with Gasteiger partial charge in [-0.25, -0.2) is 0 Å². The van der Waals surface area contributed by atoms with Crippen LogP contribution < -0.4 is 0 Å². The molecule has 0 bridgehead atoms. The van der Waals surface area contributed by atoms with Crippen LogP contribution in [0.4, 0.5) is 0 Å². The average Bonchev–Trinajstić information content (AvgIpc) is 1.97. The number of aliphatic hydroxyl groups is 1. The molecular weight excluding hydrogens is 160 g/mol. The summed E-state index contributed by atoms with van der Waals surface area (Å²) in [6.45, 7) is 8.88. The third-order valence-electron chi connectivity index (χ3n) is 3.39. The summed E-state index contributed by atoms with van der Waals surface area (Å²) in [6.07, 6.45) is 5.36. The standard InChI is InChI=1S/C12H22O/c1-9(2)8-12(4)6-5-11(13)7-10(12)3/h8,10-11,13H,5-7H2,1-4H3. The normalized spacial score (nSPS) is 40.1. The van der Waals surface area contributed by atoms with Gasteiger partial charge in [0, 0.05) is 0 Å². The van der Waals surface area contributed by atoms with Crippen LogP contribution in [-0.4, -0.2) is 11.2 Å². The van der Waals surface area contributed by atoms with E-state index in [1.165, 1.54) is 5.57 Å². The Bertz CT molecular complexity index is 203. The van der Waals surface area contributed by atoms with Crippen molar-refractivity contribution in [2.24, 2.45) is 11.3 Å². The lowest BCUT2D eigenvalue weighted by Gasteiger charge is -2.40. The van der Waals surface area contributed by atoms with Gasteiger partial charge >= 0.3 is 0 Å². The Kier molecular flexibility index (Phi) is 3.18. The van der Waals surface area contributed by atoms with Crippen molar-refractivity contribution in [2.75, 3.05) is 0 Å². The van der Waals surface area contributed by atoms with Crippen LogP contribution in [0.25, 0.3) is 0 Å². The van der Waals surface area contributed by atoms with E-state index in [0.29, 0.717) is 11.3 Å². The van der Waals surface area contributed by atoms with Gasteiger partial charge in [-0.05, 0) is 44.4 Å². The topological polar surface area (TPSA) is 20.2 Å². The van der Waals surface area contributed by atoms with Gasteiger partial charge in [0.25, 0.3) is 0 Å². The zero-order valence-corrected chi connectivity index (χ0v) is 9.30. The van der Waals surface area contributed by atoms with Gasteiger partial charge in [-0.1, -0.05) is 25.5 Å². The van der Waals surface area contributed by atoms with Crippen molar-refractivity contribution < 1.29 is 5.11 Å². The first-order valence-electron chi connectivity index (χ1n) is 5.28. The molecule has 1 aliphatic carbocycles. The van der Waals surface area contributed by atoms with Gasteiger partial charge in [-0.3, -0.25) is 0 Å². The maximum atomic E-state index is 9.53. The summed E-state index contributed by atoms with van der Waals surface area (Å²) in [5.74, 6) is 0.603. The Labute approximate surface area is 81.9 Å². The fraction of sp³-hybridized carbons (Fsp3) is 0.833. The van der Waals surface area contributed by atoms with Gasteiger partial charge in [0.05, 0.1) is 6.10 Å². The van der Waals surface area contributed by atoms with Gasteiger partial charge < -0.3 is 5.11 Å². The van der Waals surface area contributed by atoms with Crippen molar-refractivity contribution in [2.45, 2.75) is 53.1 Å². The van der Waals surface area contributed by atoms with E-state index in [9.17, 15) is 5.11 Å². The van der Waals surface area contributed by atoms with E-state index in [1.807, 2.05) is 0 Å². The molecule has 13 heavy (non-hydrogen) atoms. The largest absolute Gasteiger partial charge is 0.393 e. The Morgan fingerprint density at radius 3 is 2.54 bits per heavy atom. The van der Waals surface area contributed by atoms with Crippen LogP contribution in [0, 0.1) is 11.3 Å². The van der Waals surface area contributed by atoms with Crippen LogP contribution >= 0.6 is 0 Å². The number of allylic oxidation sites excluding steroid dienone is 2. The maximum absolute atomic E-state index is 9.53. The van der Waals surface area contributed by atoms with Crippen LogP contribution in [0.2, 0.25) is 0 Å². The minimum Gasteiger partial charge on any atom is -0.393 e. The predicted molar refractivity (Wildman–Crippen MR) is 56.6 cm³/mol. The van der Waals surface area contributed by atoms with Crippen LogP contribution in [-0.2, 0) is 0 Å². The van der Waals surface area contributed by atoms with Crippen molar-refractivity contribution in [3.8, 4) is 0 Å². The van der Waals surface area contributed by atoms with Crippen LogP contribution in [0.1, 0.15) is 47.0 Å². The summed E-state index contributed by atoms with van der Waals surface area (Å²) in [5.41, 5.74) is 1.71. The second-order valence-corrected chi connectivity index (χ2v) is 5.06. The van der Waals surface area contributed by atoms with Gasteiger partial charge in [0.2, 0.25) is 0 Å². The van der Waals surface area contributed by atoms with E-state index in [1.54, 1.807) is 0 Å². The second-order valence-electron chi connectivity index (χ2n) is 5.06. The molecule has 1 heteroatoms. The SMILES string of the molecule is CC(C)=CC1(C)CCC(O)CC1C. The third-order valence-corrected chi connectivity index (χ3v) is 3.39. The Balaban J connectivity index is 2.73. The molecule has 76 valence electrons. The minimum atomic E-state index is -0.0614. The van der Waals surface area contributed by atoms with Gasteiger partial charge in [-0.2, -0.15) is 0 Å². The molecule has 0 saturated heterocycles. The lowest BCUT2D eigenvalue weighted by Crippen LogP contribution is -2.33. The first-order valence-corrected chi connectivity index (χ1v) is 5.28. The smallest absolute Gasteiger partial charge is 0.0543 e. The summed E-state index contributed by atoms with van der Waals surface area (Å²) in [4.78, 5) is 0. The van der Waals surface area contributed by atoms with Crippen LogP contribution in [0.5, 0.6) is 0 Å². The van der Waals surface area contributed by atoms with Gasteiger partial charge in [-0.15, -0.1) is 0 Å². The predicted octanol–water partition coefficient (Wildman–Crippen LogP) is 3.14. The third kappa shape index (κ3) is 2.57. The highest BCUT2D eigenvalue weighted by Crippen LogP contribution is 2.42. The number of rotatable bonds is 1. The zero-order chi connectivity index (χ0) is 10.1. The summed E-state index contributed by atoms with van der Waals surface area (Å²) >= 11 is 0. The molecule has 0 spiro atoms. The molecule has 3 unspecified atom stereocenters. The molecule has 1 nitrogen and oxygen atoms in total. The molecule has 0 amide bonds. The second kappa shape index (κ2) is 3.83. The maximum Gasteiger partial charge on any atom is 0.0543 e. The zero-order valence-electron chi connectivity index (χ0n) is 9.30. The molecule has 1 N–H and O–H groups in total. The highest BCUT2D eigenvalue weighted by atomic mass is 16.3. The van der Waals surface area contributed by atoms with E-state index < -0.39 is 0 Å². The molecule has 1 rings (SSSR count).